The van der Waals surface area contributed by atoms with Crippen LogP contribution in [0.5, 0.6) is 0 Å². The van der Waals surface area contributed by atoms with E-state index in [0.717, 1.165) is 22.5 Å². The Morgan fingerprint density at radius 3 is 2.10 bits per heavy atom. The highest BCUT2D eigenvalue weighted by molar-refractivity contribution is 6.12. The molecule has 0 bridgehead atoms. The van der Waals surface area contributed by atoms with E-state index in [9.17, 15) is 24.2 Å². The summed E-state index contributed by atoms with van der Waals surface area (Å²) in [5.41, 5.74) is 4.90. The van der Waals surface area contributed by atoms with Gasteiger partial charge >= 0.3 is 5.97 Å². The number of aromatic nitrogens is 1. The van der Waals surface area contributed by atoms with Crippen molar-refractivity contribution in [3.8, 4) is 22.4 Å². The fraction of sp³-hybridized carbons (Fsp3) is 0.294. The van der Waals surface area contributed by atoms with Crippen molar-refractivity contribution < 1.29 is 28.9 Å². The maximum absolute atomic E-state index is 14.1. The summed E-state index contributed by atoms with van der Waals surface area (Å²) in [5, 5.41) is 24.2. The maximum Gasteiger partial charge on any atom is 0.308 e. The van der Waals surface area contributed by atoms with E-state index in [1.54, 1.807) is 12.1 Å². The number of carbonyl (C=O) groups excluding carboxylic acids is 2. The number of esters is 1. The molecule has 8 heteroatoms. The van der Waals surface area contributed by atoms with Crippen LogP contribution in [0.25, 0.3) is 22.4 Å². The van der Waals surface area contributed by atoms with Crippen LogP contribution in [-0.4, -0.2) is 46.0 Å². The highest BCUT2D eigenvalue weighted by Crippen LogP contribution is 2.42. The van der Waals surface area contributed by atoms with Crippen molar-refractivity contribution >= 4 is 17.6 Å². The molecule has 3 aromatic carbocycles. The molecule has 0 aliphatic rings. The number of aliphatic hydroxyl groups excluding tert-OH is 2. The van der Waals surface area contributed by atoms with Gasteiger partial charge in [0.1, 0.15) is 5.82 Å². The summed E-state index contributed by atoms with van der Waals surface area (Å²) < 4.78 is 20.7. The number of hydrogen-bond donors (Lipinski definition) is 3. The van der Waals surface area contributed by atoms with E-state index >= 15 is 0 Å². The Labute approximate surface area is 245 Å². The first kappa shape index (κ1) is 30.7. The number of carbonyl (C=O) groups is 2. The zero-order valence-electron chi connectivity index (χ0n) is 24.1. The molecule has 7 nitrogen and oxygen atoms in total. The van der Waals surface area contributed by atoms with E-state index < -0.39 is 18.2 Å². The first-order valence-corrected chi connectivity index (χ1v) is 14.1. The fourth-order valence-corrected chi connectivity index (χ4v) is 5.28. The molecular formula is C34H37FN2O5. The Kier molecular flexibility index (Phi) is 10.3. The molecule has 1 aromatic heterocycles. The van der Waals surface area contributed by atoms with Gasteiger partial charge in [0, 0.05) is 23.5 Å². The van der Waals surface area contributed by atoms with E-state index in [-0.39, 0.29) is 36.9 Å². The number of para-hydroxylation sites is 1. The SMILES string of the molecule is COC(=O)CC(O)C[C@H](O)CCn1c(-c2ccc(F)cc2)c(-c2ccccc2)c(C(=O)Nc2ccccc2)c1C(C)C. The van der Waals surface area contributed by atoms with Gasteiger partial charge < -0.3 is 24.8 Å². The van der Waals surface area contributed by atoms with Gasteiger partial charge in [-0.05, 0) is 66.3 Å². The van der Waals surface area contributed by atoms with Crippen LogP contribution in [0, 0.1) is 5.82 Å². The molecule has 1 heterocycles. The number of aliphatic hydroxyl groups is 2. The van der Waals surface area contributed by atoms with Crippen molar-refractivity contribution in [2.24, 2.45) is 0 Å². The number of rotatable bonds is 12. The predicted molar refractivity (Wildman–Crippen MR) is 162 cm³/mol. The molecule has 4 aromatic rings. The van der Waals surface area contributed by atoms with Gasteiger partial charge in [0.15, 0.2) is 0 Å². The van der Waals surface area contributed by atoms with Crippen LogP contribution in [0.2, 0.25) is 0 Å². The van der Waals surface area contributed by atoms with Gasteiger partial charge in [0.25, 0.3) is 5.91 Å². The Morgan fingerprint density at radius 1 is 0.881 bits per heavy atom. The first-order chi connectivity index (χ1) is 20.2. The summed E-state index contributed by atoms with van der Waals surface area (Å²) in [6, 6.07) is 25.0. The second-order valence-corrected chi connectivity index (χ2v) is 10.6. The lowest BCUT2D eigenvalue weighted by Gasteiger charge is -2.20. The standard InChI is InChI=1S/C34H37FN2O5/c1-22(2)32-31(34(41)36-26-12-8-5-9-13-26)30(23-10-6-4-7-11-23)33(24-14-16-25(35)17-15-24)37(32)19-18-27(38)20-28(39)21-29(40)42-3/h4-17,22,27-28,38-39H,18-21H2,1-3H3,(H,36,41)/t27-,28?/m1/s1. The summed E-state index contributed by atoms with van der Waals surface area (Å²) in [5.74, 6) is -1.30. The highest BCUT2D eigenvalue weighted by atomic mass is 19.1. The quantitative estimate of drug-likeness (QED) is 0.171. The molecule has 0 aliphatic carbocycles. The topological polar surface area (TPSA) is 101 Å². The second-order valence-electron chi connectivity index (χ2n) is 10.6. The summed E-state index contributed by atoms with van der Waals surface area (Å²) in [6.45, 7) is 4.32. The number of nitrogens with zero attached hydrogens (tertiary/aromatic N) is 1. The lowest BCUT2D eigenvalue weighted by atomic mass is 9.94. The molecule has 220 valence electrons. The predicted octanol–water partition coefficient (Wildman–Crippen LogP) is 6.40. The van der Waals surface area contributed by atoms with Crippen LogP contribution in [0.3, 0.4) is 0 Å². The zero-order valence-corrected chi connectivity index (χ0v) is 24.1. The smallest absolute Gasteiger partial charge is 0.308 e. The number of hydrogen-bond acceptors (Lipinski definition) is 5. The van der Waals surface area contributed by atoms with Crippen molar-refractivity contribution in [3.05, 3.63) is 102 Å². The zero-order chi connectivity index (χ0) is 30.2. The van der Waals surface area contributed by atoms with Gasteiger partial charge in [-0.3, -0.25) is 9.59 Å². The van der Waals surface area contributed by atoms with Gasteiger partial charge in [0.2, 0.25) is 0 Å². The Balaban J connectivity index is 1.86. The number of halogens is 1. The molecule has 1 unspecified atom stereocenters. The Bertz CT molecular complexity index is 1480. The third-order valence-electron chi connectivity index (χ3n) is 7.15. The average Bonchev–Trinajstić information content (AvgIpc) is 3.33. The van der Waals surface area contributed by atoms with Crippen LogP contribution < -0.4 is 5.32 Å². The third-order valence-corrected chi connectivity index (χ3v) is 7.15. The molecule has 0 spiro atoms. The van der Waals surface area contributed by atoms with Crippen molar-refractivity contribution in [1.29, 1.82) is 0 Å². The molecule has 0 fully saturated rings. The average molecular weight is 573 g/mol. The van der Waals surface area contributed by atoms with Crippen molar-refractivity contribution in [2.75, 3.05) is 12.4 Å². The van der Waals surface area contributed by atoms with Crippen LogP contribution in [0.15, 0.2) is 84.9 Å². The molecule has 3 N–H and O–H groups in total. The second kappa shape index (κ2) is 14.1. The van der Waals surface area contributed by atoms with Crippen LogP contribution >= 0.6 is 0 Å². The summed E-state index contributed by atoms with van der Waals surface area (Å²) in [7, 11) is 1.25. The molecule has 42 heavy (non-hydrogen) atoms. The molecule has 4 rings (SSSR count). The minimum Gasteiger partial charge on any atom is -0.469 e. The van der Waals surface area contributed by atoms with E-state index in [2.05, 4.69) is 10.1 Å². The van der Waals surface area contributed by atoms with Gasteiger partial charge in [-0.1, -0.05) is 62.4 Å². The molecule has 2 atom stereocenters. The number of anilines is 1. The van der Waals surface area contributed by atoms with Gasteiger partial charge in [-0.25, -0.2) is 4.39 Å². The number of ether oxygens (including phenoxy) is 1. The number of methoxy groups -OCH3 is 1. The van der Waals surface area contributed by atoms with Gasteiger partial charge in [0.05, 0.1) is 37.0 Å². The molecule has 0 saturated heterocycles. The van der Waals surface area contributed by atoms with Crippen LogP contribution in [0.1, 0.15) is 55.1 Å². The summed E-state index contributed by atoms with van der Waals surface area (Å²) >= 11 is 0. The fourth-order valence-electron chi connectivity index (χ4n) is 5.28. The summed E-state index contributed by atoms with van der Waals surface area (Å²) in [4.78, 5) is 25.7. The third kappa shape index (κ3) is 7.32. The van der Waals surface area contributed by atoms with Crippen LogP contribution in [-0.2, 0) is 16.1 Å². The molecule has 0 saturated carbocycles. The van der Waals surface area contributed by atoms with Crippen molar-refractivity contribution in [1.82, 2.24) is 4.57 Å². The van der Waals surface area contributed by atoms with E-state index in [4.69, 9.17) is 0 Å². The minimum atomic E-state index is -1.05. The van der Waals surface area contributed by atoms with Gasteiger partial charge in [-0.2, -0.15) is 0 Å². The van der Waals surface area contributed by atoms with E-state index in [1.165, 1.54) is 19.2 Å². The normalized spacial score (nSPS) is 12.6. The van der Waals surface area contributed by atoms with E-state index in [0.29, 0.717) is 23.4 Å². The maximum atomic E-state index is 14.1. The monoisotopic (exact) mass is 572 g/mol. The highest BCUT2D eigenvalue weighted by Gasteiger charge is 2.31. The summed E-state index contributed by atoms with van der Waals surface area (Å²) in [6.07, 6.45) is -1.95. The number of benzene rings is 3. The first-order valence-electron chi connectivity index (χ1n) is 14.1. The lowest BCUT2D eigenvalue weighted by Crippen LogP contribution is -2.23. The lowest BCUT2D eigenvalue weighted by molar-refractivity contribution is -0.143. The number of amides is 1. The van der Waals surface area contributed by atoms with E-state index in [1.807, 2.05) is 79.1 Å². The number of nitrogens with one attached hydrogen (secondary N) is 1. The molecular weight excluding hydrogens is 535 g/mol. The minimum absolute atomic E-state index is 0.00778. The molecule has 1 amide bonds. The molecule has 0 radical (unpaired) electrons. The van der Waals surface area contributed by atoms with Gasteiger partial charge in [-0.15, -0.1) is 0 Å². The van der Waals surface area contributed by atoms with Crippen LogP contribution in [0.4, 0.5) is 10.1 Å². The Morgan fingerprint density at radius 2 is 1.50 bits per heavy atom. The van der Waals surface area contributed by atoms with Crippen molar-refractivity contribution in [3.63, 3.8) is 0 Å². The largest absolute Gasteiger partial charge is 0.469 e. The van der Waals surface area contributed by atoms with Crippen molar-refractivity contribution in [2.45, 2.75) is 57.8 Å². The molecule has 0 aliphatic heterocycles. The Hall–Kier alpha value is -4.27.